The van der Waals surface area contributed by atoms with Gasteiger partial charge in [0.05, 0.1) is 6.61 Å². The number of carbonyl (C=O) groups excluding carboxylic acids is 2. The third-order valence-electron chi connectivity index (χ3n) is 2.34. The van der Waals surface area contributed by atoms with E-state index in [4.69, 9.17) is 9.84 Å². The van der Waals surface area contributed by atoms with Crippen LogP contribution in [0.5, 0.6) is 0 Å². The number of aliphatic carboxylic acids is 1. The van der Waals surface area contributed by atoms with Gasteiger partial charge in [-0.1, -0.05) is 6.42 Å². The average molecular weight is 274 g/mol. The van der Waals surface area contributed by atoms with Crippen molar-refractivity contribution in [2.75, 3.05) is 13.2 Å². The number of nitrogens with one attached hydrogen (secondary N) is 2. The van der Waals surface area contributed by atoms with Gasteiger partial charge in [0, 0.05) is 13.0 Å². The van der Waals surface area contributed by atoms with Crippen molar-refractivity contribution in [3.63, 3.8) is 0 Å². The van der Waals surface area contributed by atoms with Gasteiger partial charge in [-0.2, -0.15) is 0 Å². The van der Waals surface area contributed by atoms with E-state index in [2.05, 4.69) is 10.6 Å². The van der Waals surface area contributed by atoms with Crippen LogP contribution in [-0.2, 0) is 14.3 Å². The van der Waals surface area contributed by atoms with Crippen LogP contribution in [0.1, 0.15) is 39.5 Å². The van der Waals surface area contributed by atoms with E-state index in [1.54, 1.807) is 13.8 Å². The molecule has 0 spiro atoms. The number of hydrogen-bond donors (Lipinski definition) is 3. The maximum absolute atomic E-state index is 11.4. The van der Waals surface area contributed by atoms with Crippen LogP contribution in [0.25, 0.3) is 0 Å². The minimum Gasteiger partial charge on any atom is -0.481 e. The molecule has 3 N–H and O–H groups in total. The van der Waals surface area contributed by atoms with E-state index < -0.39 is 24.0 Å². The monoisotopic (exact) mass is 274 g/mol. The summed E-state index contributed by atoms with van der Waals surface area (Å²) in [5.41, 5.74) is 0. The van der Waals surface area contributed by atoms with Crippen LogP contribution in [-0.4, -0.2) is 42.3 Å². The molecule has 0 fully saturated rings. The molecule has 1 atom stereocenters. The van der Waals surface area contributed by atoms with E-state index in [9.17, 15) is 14.4 Å². The molecule has 0 aliphatic heterocycles. The Morgan fingerprint density at radius 3 is 2.47 bits per heavy atom. The van der Waals surface area contributed by atoms with Gasteiger partial charge < -0.3 is 20.5 Å². The Balaban J connectivity index is 3.59. The Kier molecular flexibility index (Phi) is 9.20. The molecule has 0 aromatic carbocycles. The number of carboxylic acid groups (broad SMARTS) is 1. The summed E-state index contributed by atoms with van der Waals surface area (Å²) in [5.74, 6) is -1.28. The number of unbranched alkanes of at least 4 members (excludes halogenated alkanes) is 2. The normalized spacial score (nSPS) is 11.5. The molecule has 7 nitrogen and oxygen atoms in total. The number of carbonyl (C=O) groups is 3. The molecule has 0 saturated heterocycles. The van der Waals surface area contributed by atoms with Crippen molar-refractivity contribution in [3.05, 3.63) is 0 Å². The molecule has 0 saturated carbocycles. The van der Waals surface area contributed by atoms with Gasteiger partial charge in [-0.3, -0.25) is 4.79 Å². The predicted molar refractivity (Wildman–Crippen MR) is 68.7 cm³/mol. The van der Waals surface area contributed by atoms with E-state index in [0.717, 1.165) is 6.42 Å². The molecular weight excluding hydrogens is 252 g/mol. The highest BCUT2D eigenvalue weighted by Crippen LogP contribution is 1.98. The second-order valence-electron chi connectivity index (χ2n) is 4.08. The van der Waals surface area contributed by atoms with E-state index in [0.29, 0.717) is 19.4 Å². The first-order chi connectivity index (χ1) is 8.97. The van der Waals surface area contributed by atoms with Crippen molar-refractivity contribution >= 4 is 18.0 Å². The number of rotatable bonds is 9. The van der Waals surface area contributed by atoms with Crippen molar-refractivity contribution in [2.45, 2.75) is 45.6 Å². The summed E-state index contributed by atoms with van der Waals surface area (Å²) in [7, 11) is 0. The molecule has 19 heavy (non-hydrogen) atoms. The van der Waals surface area contributed by atoms with Gasteiger partial charge in [-0.25, -0.2) is 9.59 Å². The van der Waals surface area contributed by atoms with Crippen molar-refractivity contribution in [3.8, 4) is 0 Å². The first-order valence-electron chi connectivity index (χ1n) is 6.40. The van der Waals surface area contributed by atoms with E-state index in [-0.39, 0.29) is 13.0 Å². The molecule has 0 rings (SSSR count). The fraction of sp³-hybridized carbons (Fsp3) is 0.750. The van der Waals surface area contributed by atoms with Gasteiger partial charge in [0.15, 0.2) is 0 Å². The third kappa shape index (κ3) is 9.87. The Bertz CT molecular complexity index is 306. The van der Waals surface area contributed by atoms with Gasteiger partial charge >= 0.3 is 18.0 Å². The number of amides is 2. The lowest BCUT2D eigenvalue weighted by Gasteiger charge is -2.13. The maximum Gasteiger partial charge on any atom is 0.328 e. The fourth-order valence-electron chi connectivity index (χ4n) is 1.35. The Labute approximate surface area is 112 Å². The van der Waals surface area contributed by atoms with Gasteiger partial charge in [-0.15, -0.1) is 0 Å². The molecular formula is C12H22N2O5. The molecule has 0 aromatic rings. The zero-order valence-electron chi connectivity index (χ0n) is 11.4. The van der Waals surface area contributed by atoms with Crippen LogP contribution in [0.2, 0.25) is 0 Å². The second kappa shape index (κ2) is 10.2. The van der Waals surface area contributed by atoms with Gasteiger partial charge in [0.2, 0.25) is 0 Å². The zero-order chi connectivity index (χ0) is 14.7. The van der Waals surface area contributed by atoms with Gasteiger partial charge in [0.1, 0.15) is 6.04 Å². The van der Waals surface area contributed by atoms with Crippen molar-refractivity contribution in [1.29, 1.82) is 0 Å². The molecule has 0 bridgehead atoms. The predicted octanol–water partition coefficient (Wildman–Crippen LogP) is 0.882. The number of carboxylic acids is 1. The number of esters is 1. The number of hydrogen-bond acceptors (Lipinski definition) is 4. The Hall–Kier alpha value is -1.79. The molecule has 0 heterocycles. The summed E-state index contributed by atoms with van der Waals surface area (Å²) in [6.07, 6.45) is 2.18. The van der Waals surface area contributed by atoms with Crippen LogP contribution < -0.4 is 10.6 Å². The van der Waals surface area contributed by atoms with Gasteiger partial charge in [0.25, 0.3) is 0 Å². The average Bonchev–Trinajstić information content (AvgIpc) is 2.33. The zero-order valence-corrected chi connectivity index (χ0v) is 11.4. The van der Waals surface area contributed by atoms with Crippen LogP contribution in [0.4, 0.5) is 4.79 Å². The highest BCUT2D eigenvalue weighted by Gasteiger charge is 2.15. The molecule has 0 aliphatic carbocycles. The summed E-state index contributed by atoms with van der Waals surface area (Å²) in [6.45, 7) is 3.96. The molecule has 0 aliphatic rings. The minimum atomic E-state index is -0.811. The number of urea groups is 1. The first-order valence-corrected chi connectivity index (χ1v) is 6.40. The van der Waals surface area contributed by atoms with Crippen molar-refractivity contribution in [1.82, 2.24) is 10.6 Å². The molecule has 2 amide bonds. The van der Waals surface area contributed by atoms with Crippen LogP contribution in [0, 0.1) is 0 Å². The van der Waals surface area contributed by atoms with Gasteiger partial charge in [-0.05, 0) is 26.7 Å². The Morgan fingerprint density at radius 1 is 1.21 bits per heavy atom. The van der Waals surface area contributed by atoms with Crippen LogP contribution >= 0.6 is 0 Å². The quantitative estimate of drug-likeness (QED) is 0.427. The molecule has 7 heteroatoms. The molecule has 1 unspecified atom stereocenters. The van der Waals surface area contributed by atoms with Crippen LogP contribution in [0.3, 0.4) is 0 Å². The standard InChI is InChI=1S/C12H22N2O5/c1-3-19-11(17)9(2)14-12(18)13-8-6-4-5-7-10(15)16/h9H,3-8H2,1-2H3,(H,15,16)(H2,13,14,18). The molecule has 110 valence electrons. The Morgan fingerprint density at radius 2 is 1.89 bits per heavy atom. The fourth-order valence-corrected chi connectivity index (χ4v) is 1.35. The van der Waals surface area contributed by atoms with Crippen molar-refractivity contribution < 1.29 is 24.2 Å². The first kappa shape index (κ1) is 17.2. The molecule has 0 radical (unpaired) electrons. The maximum atomic E-state index is 11.4. The smallest absolute Gasteiger partial charge is 0.328 e. The lowest BCUT2D eigenvalue weighted by molar-refractivity contribution is -0.144. The summed E-state index contributed by atoms with van der Waals surface area (Å²) in [4.78, 5) is 32.9. The lowest BCUT2D eigenvalue weighted by atomic mass is 10.2. The second-order valence-corrected chi connectivity index (χ2v) is 4.08. The summed E-state index contributed by atoms with van der Waals surface area (Å²) in [6, 6.07) is -1.12. The SMILES string of the molecule is CCOC(=O)C(C)NC(=O)NCCCCCC(=O)O. The van der Waals surface area contributed by atoms with E-state index in [1.165, 1.54) is 0 Å². The van der Waals surface area contributed by atoms with E-state index in [1.807, 2.05) is 0 Å². The van der Waals surface area contributed by atoms with Crippen molar-refractivity contribution in [2.24, 2.45) is 0 Å². The summed E-state index contributed by atoms with van der Waals surface area (Å²) in [5, 5.41) is 13.5. The summed E-state index contributed by atoms with van der Waals surface area (Å²) >= 11 is 0. The minimum absolute atomic E-state index is 0.145. The topological polar surface area (TPSA) is 105 Å². The van der Waals surface area contributed by atoms with Crippen LogP contribution in [0.15, 0.2) is 0 Å². The van der Waals surface area contributed by atoms with E-state index >= 15 is 0 Å². The molecule has 0 aromatic heterocycles. The largest absolute Gasteiger partial charge is 0.481 e. The lowest BCUT2D eigenvalue weighted by Crippen LogP contribution is -2.45. The highest BCUT2D eigenvalue weighted by atomic mass is 16.5. The summed E-state index contributed by atoms with van der Waals surface area (Å²) < 4.78 is 4.75. The number of ether oxygens (including phenoxy) is 1. The third-order valence-corrected chi connectivity index (χ3v) is 2.34. The highest BCUT2D eigenvalue weighted by molar-refractivity contribution is 5.83.